The first-order chi connectivity index (χ1) is 10.3. The van der Waals surface area contributed by atoms with Crippen molar-refractivity contribution in [2.75, 3.05) is 59.0 Å². The van der Waals surface area contributed by atoms with E-state index in [0.717, 1.165) is 32.2 Å². The minimum absolute atomic E-state index is 0.501. The number of hydrogen-bond acceptors (Lipinski definition) is 4. The highest BCUT2D eigenvalue weighted by Gasteiger charge is 2.23. The molecule has 1 N–H and O–H groups in total. The summed E-state index contributed by atoms with van der Waals surface area (Å²) in [4.78, 5) is 5.09. The van der Waals surface area contributed by atoms with E-state index in [0.29, 0.717) is 6.10 Å². The van der Waals surface area contributed by atoms with Gasteiger partial charge in [0.2, 0.25) is 0 Å². The second-order valence-corrected chi connectivity index (χ2v) is 6.61. The van der Waals surface area contributed by atoms with Gasteiger partial charge in [0.15, 0.2) is 0 Å². The van der Waals surface area contributed by atoms with Crippen LogP contribution in [0.1, 0.15) is 39.5 Å². The van der Waals surface area contributed by atoms with E-state index in [1.54, 1.807) is 0 Å². The molecule has 2 aliphatic heterocycles. The third-order valence-corrected chi connectivity index (χ3v) is 5.11. The molecule has 0 aromatic heterocycles. The molecule has 124 valence electrons. The quantitative estimate of drug-likeness (QED) is 0.739. The fourth-order valence-electron chi connectivity index (χ4n) is 3.59. The van der Waals surface area contributed by atoms with Gasteiger partial charge in [0.1, 0.15) is 0 Å². The molecular weight excluding hydrogens is 262 g/mol. The van der Waals surface area contributed by atoms with Gasteiger partial charge in [0, 0.05) is 26.2 Å². The zero-order chi connectivity index (χ0) is 14.9. The van der Waals surface area contributed by atoms with E-state index in [4.69, 9.17) is 4.74 Å². The zero-order valence-corrected chi connectivity index (χ0v) is 14.1. The summed E-state index contributed by atoms with van der Waals surface area (Å²) in [5, 5.41) is 3.53. The molecule has 2 aliphatic rings. The third kappa shape index (κ3) is 6.23. The molecule has 0 aromatic rings. The van der Waals surface area contributed by atoms with Crippen LogP contribution in [0, 0.1) is 5.92 Å². The van der Waals surface area contributed by atoms with Crippen LogP contribution in [0.25, 0.3) is 0 Å². The van der Waals surface area contributed by atoms with Crippen molar-refractivity contribution in [2.45, 2.75) is 45.6 Å². The van der Waals surface area contributed by atoms with Crippen LogP contribution < -0.4 is 5.32 Å². The highest BCUT2D eigenvalue weighted by atomic mass is 16.5. The van der Waals surface area contributed by atoms with Gasteiger partial charge in [-0.3, -0.25) is 0 Å². The van der Waals surface area contributed by atoms with Crippen molar-refractivity contribution in [3.8, 4) is 0 Å². The molecule has 2 rings (SSSR count). The summed E-state index contributed by atoms with van der Waals surface area (Å²) in [7, 11) is 0. The van der Waals surface area contributed by atoms with Gasteiger partial charge in [-0.2, -0.15) is 0 Å². The van der Waals surface area contributed by atoms with E-state index in [2.05, 4.69) is 29.0 Å². The lowest BCUT2D eigenvalue weighted by atomic mass is 9.97. The van der Waals surface area contributed by atoms with Crippen LogP contribution in [0.5, 0.6) is 0 Å². The Balaban J connectivity index is 1.55. The topological polar surface area (TPSA) is 27.7 Å². The lowest BCUT2D eigenvalue weighted by Crippen LogP contribution is -2.43. The number of rotatable bonds is 8. The lowest BCUT2D eigenvalue weighted by Gasteiger charge is -2.35. The van der Waals surface area contributed by atoms with Crippen LogP contribution in [0.15, 0.2) is 0 Å². The number of hydrogen-bond donors (Lipinski definition) is 1. The van der Waals surface area contributed by atoms with Gasteiger partial charge in [0.25, 0.3) is 0 Å². The molecule has 4 heteroatoms. The molecule has 0 bridgehead atoms. The molecule has 1 unspecified atom stereocenters. The van der Waals surface area contributed by atoms with E-state index in [-0.39, 0.29) is 0 Å². The standard InChI is InChI=1S/C17H35N3O/c1-3-19(4-2)12-13-21-17-7-10-20(11-8-17)15-16-6-5-9-18-14-16/h16-18H,3-15H2,1-2H3. The Morgan fingerprint density at radius 3 is 2.52 bits per heavy atom. The Hall–Kier alpha value is -0.160. The molecule has 0 aliphatic carbocycles. The van der Waals surface area contributed by atoms with Crippen molar-refractivity contribution in [1.29, 1.82) is 0 Å². The molecule has 1 atom stereocenters. The van der Waals surface area contributed by atoms with E-state index >= 15 is 0 Å². The SMILES string of the molecule is CCN(CC)CCOC1CCN(CC2CCCNC2)CC1. The Kier molecular flexibility index (Phi) is 8.01. The van der Waals surface area contributed by atoms with E-state index in [1.165, 1.54) is 58.4 Å². The molecule has 0 saturated carbocycles. The highest BCUT2D eigenvalue weighted by molar-refractivity contribution is 4.77. The number of likely N-dealkylation sites (N-methyl/N-ethyl adjacent to an activating group) is 1. The summed E-state index contributed by atoms with van der Waals surface area (Å²) in [6.07, 6.45) is 5.71. The Morgan fingerprint density at radius 2 is 1.90 bits per heavy atom. The van der Waals surface area contributed by atoms with Gasteiger partial charge in [0.05, 0.1) is 12.7 Å². The maximum absolute atomic E-state index is 6.07. The predicted octanol–water partition coefficient (Wildman–Crippen LogP) is 1.81. The van der Waals surface area contributed by atoms with Crippen molar-refractivity contribution < 1.29 is 4.74 Å². The Labute approximate surface area is 131 Å². The van der Waals surface area contributed by atoms with Crippen molar-refractivity contribution in [3.63, 3.8) is 0 Å². The van der Waals surface area contributed by atoms with Crippen molar-refractivity contribution in [1.82, 2.24) is 15.1 Å². The average Bonchev–Trinajstić information content (AvgIpc) is 2.54. The summed E-state index contributed by atoms with van der Waals surface area (Å²) >= 11 is 0. The minimum atomic E-state index is 0.501. The van der Waals surface area contributed by atoms with E-state index < -0.39 is 0 Å². The van der Waals surface area contributed by atoms with Gasteiger partial charge in [-0.15, -0.1) is 0 Å². The number of likely N-dealkylation sites (tertiary alicyclic amines) is 1. The number of piperidine rings is 2. The summed E-state index contributed by atoms with van der Waals surface area (Å²) < 4.78 is 6.07. The van der Waals surface area contributed by atoms with Gasteiger partial charge in [-0.25, -0.2) is 0 Å². The molecule has 0 amide bonds. The summed E-state index contributed by atoms with van der Waals surface area (Å²) in [5.41, 5.74) is 0. The van der Waals surface area contributed by atoms with Gasteiger partial charge >= 0.3 is 0 Å². The second kappa shape index (κ2) is 9.78. The fourth-order valence-corrected chi connectivity index (χ4v) is 3.59. The molecule has 2 saturated heterocycles. The number of nitrogens with zero attached hydrogens (tertiary/aromatic N) is 2. The maximum Gasteiger partial charge on any atom is 0.0600 e. The molecule has 0 aromatic carbocycles. The first-order valence-electron chi connectivity index (χ1n) is 9.08. The second-order valence-electron chi connectivity index (χ2n) is 6.61. The van der Waals surface area contributed by atoms with Crippen molar-refractivity contribution >= 4 is 0 Å². The number of ether oxygens (including phenoxy) is 1. The van der Waals surface area contributed by atoms with Crippen LogP contribution in [-0.2, 0) is 4.74 Å². The van der Waals surface area contributed by atoms with Gasteiger partial charge < -0.3 is 19.9 Å². The van der Waals surface area contributed by atoms with Crippen molar-refractivity contribution in [2.24, 2.45) is 5.92 Å². The van der Waals surface area contributed by atoms with Crippen molar-refractivity contribution in [3.05, 3.63) is 0 Å². The van der Waals surface area contributed by atoms with Crippen LogP contribution in [0.4, 0.5) is 0 Å². The summed E-state index contributed by atoms with van der Waals surface area (Å²) in [6.45, 7) is 14.9. The molecule has 21 heavy (non-hydrogen) atoms. The van der Waals surface area contributed by atoms with Crippen LogP contribution in [-0.4, -0.2) is 74.9 Å². The monoisotopic (exact) mass is 297 g/mol. The van der Waals surface area contributed by atoms with Gasteiger partial charge in [-0.05, 0) is 57.8 Å². The molecule has 2 fully saturated rings. The predicted molar refractivity (Wildman–Crippen MR) is 88.8 cm³/mol. The zero-order valence-electron chi connectivity index (χ0n) is 14.1. The van der Waals surface area contributed by atoms with E-state index in [1.807, 2.05) is 0 Å². The maximum atomic E-state index is 6.07. The molecule has 0 radical (unpaired) electrons. The lowest BCUT2D eigenvalue weighted by molar-refractivity contribution is -0.00384. The third-order valence-electron chi connectivity index (χ3n) is 5.11. The largest absolute Gasteiger partial charge is 0.377 e. The van der Waals surface area contributed by atoms with E-state index in [9.17, 15) is 0 Å². The smallest absolute Gasteiger partial charge is 0.0600 e. The minimum Gasteiger partial charge on any atom is -0.377 e. The van der Waals surface area contributed by atoms with Crippen LogP contribution in [0.3, 0.4) is 0 Å². The normalized spacial score (nSPS) is 25.6. The molecule has 0 spiro atoms. The molecule has 2 heterocycles. The average molecular weight is 297 g/mol. The first kappa shape index (κ1) is 17.2. The Morgan fingerprint density at radius 1 is 1.14 bits per heavy atom. The summed E-state index contributed by atoms with van der Waals surface area (Å²) in [6, 6.07) is 0. The first-order valence-corrected chi connectivity index (χ1v) is 9.08. The Bertz CT molecular complexity index is 257. The summed E-state index contributed by atoms with van der Waals surface area (Å²) in [5.74, 6) is 0.874. The molecular formula is C17H35N3O. The number of nitrogens with one attached hydrogen (secondary N) is 1. The highest BCUT2D eigenvalue weighted by Crippen LogP contribution is 2.18. The van der Waals surface area contributed by atoms with Crippen LogP contribution in [0.2, 0.25) is 0 Å². The fraction of sp³-hybridized carbons (Fsp3) is 1.00. The van der Waals surface area contributed by atoms with Gasteiger partial charge in [-0.1, -0.05) is 13.8 Å². The van der Waals surface area contributed by atoms with Crippen LogP contribution >= 0.6 is 0 Å². The molecule has 4 nitrogen and oxygen atoms in total.